The van der Waals surface area contributed by atoms with E-state index in [1.807, 2.05) is 6.07 Å². The fraction of sp³-hybridized carbons (Fsp3) is 0.619. The Balaban J connectivity index is 2.23. The Morgan fingerprint density at radius 2 is 2.00 bits per heavy atom. The summed E-state index contributed by atoms with van der Waals surface area (Å²) in [5, 5.41) is 0. The standard InChI is InChI=1S/C21H31NO3/c1-5-6-11-21-16(9-10-19(24-3)20(21)25-4)18(22)12-14-7-8-15(23-2)13-17(14)21/h7-8,10,13,16,18,20H,5-6,9,11-12,22H2,1-4H3/t16?,18?,20?,21-/m1/s1. The van der Waals surface area contributed by atoms with Gasteiger partial charge in [0, 0.05) is 18.6 Å². The maximum absolute atomic E-state index is 6.68. The molecule has 0 saturated heterocycles. The van der Waals surface area contributed by atoms with E-state index in [4.69, 9.17) is 19.9 Å². The van der Waals surface area contributed by atoms with Crippen LogP contribution >= 0.6 is 0 Å². The van der Waals surface area contributed by atoms with Gasteiger partial charge in [-0.05, 0) is 54.5 Å². The van der Waals surface area contributed by atoms with Crippen molar-refractivity contribution in [2.24, 2.45) is 11.7 Å². The van der Waals surface area contributed by atoms with E-state index in [2.05, 4.69) is 25.1 Å². The number of fused-ring (bicyclic) bond motifs is 3. The molecule has 3 rings (SSSR count). The average Bonchev–Trinajstić information content (AvgIpc) is 2.65. The molecule has 0 aliphatic heterocycles. The Hall–Kier alpha value is -1.52. The van der Waals surface area contributed by atoms with Crippen molar-refractivity contribution in [2.75, 3.05) is 21.3 Å². The first-order chi connectivity index (χ1) is 12.1. The van der Waals surface area contributed by atoms with Gasteiger partial charge in [0.15, 0.2) is 0 Å². The Morgan fingerprint density at radius 1 is 1.20 bits per heavy atom. The maximum atomic E-state index is 6.68. The number of methoxy groups -OCH3 is 3. The number of hydrogen-bond donors (Lipinski definition) is 1. The minimum Gasteiger partial charge on any atom is -0.499 e. The van der Waals surface area contributed by atoms with Gasteiger partial charge in [0.25, 0.3) is 0 Å². The van der Waals surface area contributed by atoms with Crippen LogP contribution in [0.15, 0.2) is 30.0 Å². The molecule has 138 valence electrons. The average molecular weight is 345 g/mol. The summed E-state index contributed by atoms with van der Waals surface area (Å²) in [5.41, 5.74) is 9.17. The molecule has 0 spiro atoms. The smallest absolute Gasteiger partial charge is 0.124 e. The summed E-state index contributed by atoms with van der Waals surface area (Å²) in [6.07, 6.45) is 7.23. The molecule has 2 aliphatic rings. The highest BCUT2D eigenvalue weighted by Crippen LogP contribution is 2.54. The number of unbranched alkanes of at least 4 members (excludes halogenated alkanes) is 1. The van der Waals surface area contributed by atoms with Gasteiger partial charge in [0.2, 0.25) is 0 Å². The number of rotatable bonds is 6. The highest BCUT2D eigenvalue weighted by atomic mass is 16.5. The fourth-order valence-electron chi connectivity index (χ4n) is 5.03. The Labute approximate surface area is 151 Å². The summed E-state index contributed by atoms with van der Waals surface area (Å²) in [6, 6.07) is 6.55. The largest absolute Gasteiger partial charge is 0.499 e. The second kappa shape index (κ2) is 7.38. The van der Waals surface area contributed by atoms with Gasteiger partial charge in [0.1, 0.15) is 17.6 Å². The molecule has 0 radical (unpaired) electrons. The lowest BCUT2D eigenvalue weighted by Gasteiger charge is -2.54. The maximum Gasteiger partial charge on any atom is 0.124 e. The first kappa shape index (κ1) is 18.3. The molecule has 0 heterocycles. The third-order valence-electron chi connectivity index (χ3n) is 6.17. The van der Waals surface area contributed by atoms with Crippen LogP contribution in [0, 0.1) is 5.92 Å². The van der Waals surface area contributed by atoms with Gasteiger partial charge in [0.05, 0.1) is 14.2 Å². The van der Waals surface area contributed by atoms with Crippen LogP contribution in [0.4, 0.5) is 0 Å². The van der Waals surface area contributed by atoms with Gasteiger partial charge in [-0.3, -0.25) is 0 Å². The van der Waals surface area contributed by atoms with Gasteiger partial charge >= 0.3 is 0 Å². The van der Waals surface area contributed by atoms with Crippen LogP contribution in [-0.4, -0.2) is 33.5 Å². The molecule has 2 aliphatic carbocycles. The molecule has 0 amide bonds. The first-order valence-electron chi connectivity index (χ1n) is 9.32. The van der Waals surface area contributed by atoms with Crippen molar-refractivity contribution in [3.63, 3.8) is 0 Å². The van der Waals surface area contributed by atoms with Gasteiger partial charge in [-0.15, -0.1) is 0 Å². The van der Waals surface area contributed by atoms with Crippen LogP contribution in [0.3, 0.4) is 0 Å². The van der Waals surface area contributed by atoms with Crippen molar-refractivity contribution < 1.29 is 14.2 Å². The molecular weight excluding hydrogens is 314 g/mol. The second-order valence-electron chi connectivity index (χ2n) is 7.30. The van der Waals surface area contributed by atoms with Crippen molar-refractivity contribution in [3.05, 3.63) is 41.2 Å². The molecule has 4 atom stereocenters. The number of nitrogens with two attached hydrogens (primary N) is 1. The van der Waals surface area contributed by atoms with Crippen molar-refractivity contribution in [2.45, 2.75) is 56.6 Å². The van der Waals surface area contributed by atoms with Crippen molar-refractivity contribution >= 4 is 0 Å². The van der Waals surface area contributed by atoms with Crippen LogP contribution < -0.4 is 10.5 Å². The van der Waals surface area contributed by atoms with E-state index >= 15 is 0 Å². The van der Waals surface area contributed by atoms with E-state index in [9.17, 15) is 0 Å². The van der Waals surface area contributed by atoms with Gasteiger partial charge in [-0.25, -0.2) is 0 Å². The molecule has 25 heavy (non-hydrogen) atoms. The van der Waals surface area contributed by atoms with Crippen LogP contribution in [-0.2, 0) is 21.3 Å². The molecule has 0 saturated carbocycles. The third kappa shape index (κ3) is 2.85. The Kier molecular flexibility index (Phi) is 5.40. The monoisotopic (exact) mass is 345 g/mol. The summed E-state index contributed by atoms with van der Waals surface area (Å²) in [4.78, 5) is 0. The minimum absolute atomic E-state index is 0.111. The van der Waals surface area contributed by atoms with E-state index in [0.717, 1.165) is 43.6 Å². The van der Waals surface area contributed by atoms with Crippen LogP contribution in [0.1, 0.15) is 43.7 Å². The summed E-state index contributed by atoms with van der Waals surface area (Å²) in [5.74, 6) is 2.17. The zero-order chi connectivity index (χ0) is 18.0. The SMILES string of the molecule is CCCC[C@]12c3cc(OC)ccc3CC(N)C1CC=C(OC)C2OC. The molecule has 1 aromatic carbocycles. The predicted octanol–water partition coefficient (Wildman–Crippen LogP) is 3.57. The number of allylic oxidation sites excluding steroid dienone is 1. The number of hydrogen-bond acceptors (Lipinski definition) is 4. The summed E-state index contributed by atoms with van der Waals surface area (Å²) < 4.78 is 17.3. The van der Waals surface area contributed by atoms with Crippen LogP contribution in [0.2, 0.25) is 0 Å². The minimum atomic E-state index is -0.160. The summed E-state index contributed by atoms with van der Waals surface area (Å²) >= 11 is 0. The zero-order valence-electron chi connectivity index (χ0n) is 15.9. The highest BCUT2D eigenvalue weighted by Gasteiger charge is 2.55. The normalized spacial score (nSPS) is 30.9. The van der Waals surface area contributed by atoms with Gasteiger partial charge in [-0.1, -0.05) is 25.8 Å². The molecule has 1 aromatic rings. The summed E-state index contributed by atoms with van der Waals surface area (Å²) in [7, 11) is 5.25. The molecule has 4 nitrogen and oxygen atoms in total. The Morgan fingerprint density at radius 3 is 2.64 bits per heavy atom. The molecule has 4 heteroatoms. The molecule has 3 unspecified atom stereocenters. The van der Waals surface area contributed by atoms with Crippen molar-refractivity contribution in [1.29, 1.82) is 0 Å². The third-order valence-corrected chi connectivity index (χ3v) is 6.17. The van der Waals surface area contributed by atoms with E-state index < -0.39 is 0 Å². The lowest BCUT2D eigenvalue weighted by molar-refractivity contribution is -0.0322. The molecule has 0 bridgehead atoms. The number of benzene rings is 1. The lowest BCUT2D eigenvalue weighted by atomic mass is 9.53. The molecule has 0 aromatic heterocycles. The molecule has 0 fully saturated rings. The highest BCUT2D eigenvalue weighted by molar-refractivity contribution is 5.47. The molecular formula is C21H31NO3. The van der Waals surface area contributed by atoms with Crippen molar-refractivity contribution in [1.82, 2.24) is 0 Å². The van der Waals surface area contributed by atoms with E-state index in [-0.39, 0.29) is 17.6 Å². The van der Waals surface area contributed by atoms with Crippen LogP contribution in [0.5, 0.6) is 5.75 Å². The first-order valence-corrected chi connectivity index (χ1v) is 9.32. The van der Waals surface area contributed by atoms with Gasteiger partial charge in [-0.2, -0.15) is 0 Å². The summed E-state index contributed by atoms with van der Waals surface area (Å²) in [6.45, 7) is 2.23. The van der Waals surface area contributed by atoms with Crippen LogP contribution in [0.25, 0.3) is 0 Å². The van der Waals surface area contributed by atoms with E-state index in [1.54, 1.807) is 21.3 Å². The molecule has 2 N–H and O–H groups in total. The fourth-order valence-corrected chi connectivity index (χ4v) is 5.03. The van der Waals surface area contributed by atoms with E-state index in [1.165, 1.54) is 11.1 Å². The van der Waals surface area contributed by atoms with E-state index in [0.29, 0.717) is 5.92 Å². The lowest BCUT2D eigenvalue weighted by Crippen LogP contribution is -2.59. The Bertz CT molecular complexity index is 642. The number of ether oxygens (including phenoxy) is 3. The van der Waals surface area contributed by atoms with Crippen molar-refractivity contribution in [3.8, 4) is 5.75 Å². The zero-order valence-corrected chi connectivity index (χ0v) is 15.9. The van der Waals surface area contributed by atoms with Gasteiger partial charge < -0.3 is 19.9 Å². The second-order valence-corrected chi connectivity index (χ2v) is 7.30. The topological polar surface area (TPSA) is 53.7 Å². The quantitative estimate of drug-likeness (QED) is 0.856. The predicted molar refractivity (Wildman–Crippen MR) is 99.9 cm³/mol.